The highest BCUT2D eigenvalue weighted by atomic mass is 16.4. The lowest BCUT2D eigenvalue weighted by Crippen LogP contribution is -2.45. The van der Waals surface area contributed by atoms with E-state index in [2.05, 4.69) is 5.32 Å². The summed E-state index contributed by atoms with van der Waals surface area (Å²) in [4.78, 5) is 37.6. The Morgan fingerprint density at radius 1 is 1.25 bits per heavy atom. The van der Waals surface area contributed by atoms with Crippen LogP contribution in [0.2, 0.25) is 0 Å². The van der Waals surface area contributed by atoms with E-state index in [9.17, 15) is 19.5 Å². The average Bonchev–Trinajstić information content (AvgIpc) is 3.30. The molecule has 0 bridgehead atoms. The number of carboxylic acids is 1. The number of carbonyl (C=O) groups is 3. The number of rotatable bonds is 7. The molecule has 0 spiro atoms. The third-order valence-electron chi connectivity index (χ3n) is 4.66. The predicted octanol–water partition coefficient (Wildman–Crippen LogP) is 1.06. The van der Waals surface area contributed by atoms with E-state index in [1.807, 2.05) is 30.3 Å². The van der Waals surface area contributed by atoms with Crippen molar-refractivity contribution in [3.05, 3.63) is 35.9 Å². The van der Waals surface area contributed by atoms with E-state index in [0.29, 0.717) is 12.5 Å². The molecular weight excluding hydrogens is 308 g/mol. The molecule has 1 saturated heterocycles. The molecule has 1 aromatic carbocycles. The molecule has 6 nitrogen and oxygen atoms in total. The molecule has 2 amide bonds. The molecule has 2 atom stereocenters. The largest absolute Gasteiger partial charge is 0.480 e. The van der Waals surface area contributed by atoms with Crippen LogP contribution in [0.15, 0.2) is 30.3 Å². The second-order valence-electron chi connectivity index (χ2n) is 6.73. The van der Waals surface area contributed by atoms with Gasteiger partial charge in [0.2, 0.25) is 11.8 Å². The molecule has 128 valence electrons. The van der Waals surface area contributed by atoms with Gasteiger partial charge in [-0.2, -0.15) is 0 Å². The zero-order valence-electron chi connectivity index (χ0n) is 13.5. The summed E-state index contributed by atoms with van der Waals surface area (Å²) in [6, 6.07) is 8.21. The molecule has 2 fully saturated rings. The normalized spacial score (nSPS) is 21.6. The number of likely N-dealkylation sites (tertiary alicyclic amines) is 1. The number of aliphatic carboxylic acids is 1. The maximum Gasteiger partial charge on any atom is 0.326 e. The Kier molecular flexibility index (Phi) is 4.83. The fourth-order valence-corrected chi connectivity index (χ4v) is 3.08. The summed E-state index contributed by atoms with van der Waals surface area (Å²) < 4.78 is 0. The Labute approximate surface area is 140 Å². The fourth-order valence-electron chi connectivity index (χ4n) is 3.08. The fraction of sp³-hybridized carbons (Fsp3) is 0.500. The summed E-state index contributed by atoms with van der Waals surface area (Å²) >= 11 is 0. The minimum Gasteiger partial charge on any atom is -0.480 e. The molecule has 0 aromatic heterocycles. The van der Waals surface area contributed by atoms with Crippen LogP contribution < -0.4 is 5.32 Å². The van der Waals surface area contributed by atoms with Crippen molar-refractivity contribution >= 4 is 17.8 Å². The van der Waals surface area contributed by atoms with Gasteiger partial charge in [0.25, 0.3) is 0 Å². The van der Waals surface area contributed by atoms with Gasteiger partial charge >= 0.3 is 5.97 Å². The van der Waals surface area contributed by atoms with E-state index < -0.39 is 17.9 Å². The molecule has 1 heterocycles. The van der Waals surface area contributed by atoms with Gasteiger partial charge in [-0.05, 0) is 24.3 Å². The summed E-state index contributed by atoms with van der Waals surface area (Å²) in [5.41, 5.74) is 0.850. The van der Waals surface area contributed by atoms with Gasteiger partial charge in [0.15, 0.2) is 0 Å². The lowest BCUT2D eigenvalue weighted by molar-refractivity contribution is -0.142. The van der Waals surface area contributed by atoms with Crippen molar-refractivity contribution in [3.8, 4) is 0 Å². The van der Waals surface area contributed by atoms with E-state index in [4.69, 9.17) is 0 Å². The highest BCUT2D eigenvalue weighted by Gasteiger charge is 2.38. The van der Waals surface area contributed by atoms with Crippen LogP contribution in [0, 0.1) is 11.8 Å². The average molecular weight is 330 g/mol. The van der Waals surface area contributed by atoms with E-state index in [-0.39, 0.29) is 24.7 Å². The first-order valence-electron chi connectivity index (χ1n) is 8.38. The number of benzene rings is 1. The Balaban J connectivity index is 1.57. The molecule has 0 unspecified atom stereocenters. The van der Waals surface area contributed by atoms with Crippen LogP contribution in [0.1, 0.15) is 24.8 Å². The van der Waals surface area contributed by atoms with Crippen molar-refractivity contribution in [2.24, 2.45) is 11.8 Å². The van der Waals surface area contributed by atoms with Crippen molar-refractivity contribution in [1.82, 2.24) is 10.2 Å². The maximum atomic E-state index is 12.4. The molecule has 2 N–H and O–H groups in total. The Hall–Kier alpha value is -2.37. The number of nitrogens with zero attached hydrogens (tertiary/aromatic N) is 1. The monoisotopic (exact) mass is 330 g/mol. The molecule has 24 heavy (non-hydrogen) atoms. The first-order valence-corrected chi connectivity index (χ1v) is 8.38. The lowest BCUT2D eigenvalue weighted by Gasteiger charge is -2.18. The molecule has 1 aliphatic carbocycles. The number of carbonyl (C=O) groups excluding carboxylic acids is 2. The summed E-state index contributed by atoms with van der Waals surface area (Å²) in [5, 5.41) is 12.0. The van der Waals surface area contributed by atoms with Gasteiger partial charge in [0.1, 0.15) is 6.04 Å². The van der Waals surface area contributed by atoms with Gasteiger partial charge in [0, 0.05) is 25.9 Å². The minimum atomic E-state index is -1.06. The standard InChI is InChI=1S/C18H22N2O4/c21-16-9-14(11-20(16)10-13-6-7-13)17(22)19-15(18(23)24)8-12-4-2-1-3-5-12/h1-5,13-15H,6-11H2,(H,19,22)(H,23,24)/t14-,15-/m0/s1. The number of carboxylic acid groups (broad SMARTS) is 1. The molecular formula is C18H22N2O4. The number of amides is 2. The smallest absolute Gasteiger partial charge is 0.326 e. The highest BCUT2D eigenvalue weighted by Crippen LogP contribution is 2.32. The van der Waals surface area contributed by atoms with E-state index in [1.165, 1.54) is 0 Å². The molecule has 1 saturated carbocycles. The molecule has 1 aliphatic heterocycles. The van der Waals surface area contributed by atoms with E-state index >= 15 is 0 Å². The Morgan fingerprint density at radius 2 is 1.96 bits per heavy atom. The van der Waals surface area contributed by atoms with Crippen molar-refractivity contribution in [1.29, 1.82) is 0 Å². The van der Waals surface area contributed by atoms with Crippen molar-refractivity contribution in [3.63, 3.8) is 0 Å². The number of nitrogens with one attached hydrogen (secondary N) is 1. The van der Waals surface area contributed by atoms with Gasteiger partial charge in [-0.15, -0.1) is 0 Å². The van der Waals surface area contributed by atoms with Gasteiger partial charge < -0.3 is 15.3 Å². The van der Waals surface area contributed by atoms with Crippen molar-refractivity contribution in [2.75, 3.05) is 13.1 Å². The molecule has 0 radical (unpaired) electrons. The van der Waals surface area contributed by atoms with Crippen LogP contribution in [-0.4, -0.2) is 46.9 Å². The van der Waals surface area contributed by atoms with Crippen molar-refractivity contribution in [2.45, 2.75) is 31.7 Å². The van der Waals surface area contributed by atoms with E-state index in [0.717, 1.165) is 24.9 Å². The highest BCUT2D eigenvalue weighted by molar-refractivity contribution is 5.91. The molecule has 6 heteroatoms. The molecule has 3 rings (SSSR count). The van der Waals surface area contributed by atoms with Crippen LogP contribution in [0.3, 0.4) is 0 Å². The van der Waals surface area contributed by atoms with Gasteiger partial charge in [-0.25, -0.2) is 4.79 Å². The van der Waals surface area contributed by atoms with E-state index in [1.54, 1.807) is 4.90 Å². The third kappa shape index (κ3) is 4.13. The lowest BCUT2D eigenvalue weighted by atomic mass is 10.0. The zero-order chi connectivity index (χ0) is 17.1. The summed E-state index contributed by atoms with van der Waals surface area (Å²) in [7, 11) is 0. The second kappa shape index (κ2) is 7.03. The topological polar surface area (TPSA) is 86.7 Å². The molecule has 1 aromatic rings. The first-order chi connectivity index (χ1) is 11.5. The van der Waals surface area contributed by atoms with Crippen LogP contribution in [0.5, 0.6) is 0 Å². The van der Waals surface area contributed by atoms with Crippen LogP contribution in [-0.2, 0) is 20.8 Å². The number of hydrogen-bond donors (Lipinski definition) is 2. The van der Waals surface area contributed by atoms with Crippen LogP contribution in [0.25, 0.3) is 0 Å². The van der Waals surface area contributed by atoms with Crippen LogP contribution in [0.4, 0.5) is 0 Å². The van der Waals surface area contributed by atoms with Gasteiger partial charge in [-0.1, -0.05) is 30.3 Å². The first kappa shape index (κ1) is 16.5. The van der Waals surface area contributed by atoms with Crippen molar-refractivity contribution < 1.29 is 19.5 Å². The summed E-state index contributed by atoms with van der Waals surface area (Å²) in [6.07, 6.45) is 2.71. The predicted molar refractivity (Wildman–Crippen MR) is 87.1 cm³/mol. The quantitative estimate of drug-likeness (QED) is 0.782. The summed E-state index contributed by atoms with van der Waals surface area (Å²) in [5.74, 6) is -1.28. The Bertz CT molecular complexity index is 627. The SMILES string of the molecule is O=C(N[C@@H](Cc1ccccc1)C(=O)O)[C@H]1CC(=O)N(CC2CC2)C1. The molecule has 2 aliphatic rings. The zero-order valence-corrected chi connectivity index (χ0v) is 13.5. The third-order valence-corrected chi connectivity index (χ3v) is 4.66. The summed E-state index contributed by atoms with van der Waals surface area (Å²) in [6.45, 7) is 1.13. The van der Waals surface area contributed by atoms with Gasteiger partial charge in [0.05, 0.1) is 5.92 Å². The maximum absolute atomic E-state index is 12.4. The minimum absolute atomic E-state index is 0.00279. The number of hydrogen-bond acceptors (Lipinski definition) is 3. The van der Waals surface area contributed by atoms with Crippen LogP contribution >= 0.6 is 0 Å². The Morgan fingerprint density at radius 3 is 2.58 bits per heavy atom. The van der Waals surface area contributed by atoms with Gasteiger partial charge in [-0.3, -0.25) is 9.59 Å². The second-order valence-corrected chi connectivity index (χ2v) is 6.73.